The van der Waals surface area contributed by atoms with Crippen LogP contribution in [0.5, 0.6) is 0 Å². The van der Waals surface area contributed by atoms with E-state index >= 15 is 0 Å². The number of rotatable bonds is 4. The molecule has 0 aromatic carbocycles. The number of nitrogen functional groups attached to an aromatic ring is 1. The Morgan fingerprint density at radius 2 is 2.25 bits per heavy atom. The summed E-state index contributed by atoms with van der Waals surface area (Å²) >= 11 is 1.86. The molecule has 0 amide bonds. The minimum atomic E-state index is -0.487. The molecule has 0 saturated heterocycles. The Bertz CT molecular complexity index is 340. The molecule has 16 heavy (non-hydrogen) atoms. The summed E-state index contributed by atoms with van der Waals surface area (Å²) in [5.41, 5.74) is 7.19. The molecule has 1 unspecified atom stereocenters. The zero-order chi connectivity index (χ0) is 11.4. The molecule has 0 bridgehead atoms. The number of hydrogen-bond donors (Lipinski definition) is 2. The van der Waals surface area contributed by atoms with Crippen molar-refractivity contribution in [1.82, 2.24) is 4.98 Å². The second-order valence-electron chi connectivity index (χ2n) is 4.26. The fourth-order valence-electron chi connectivity index (χ4n) is 2.07. The van der Waals surface area contributed by atoms with Crippen molar-refractivity contribution in [3.63, 3.8) is 0 Å². The Kier molecular flexibility index (Phi) is 4.07. The van der Waals surface area contributed by atoms with Gasteiger partial charge in [-0.25, -0.2) is 0 Å². The number of nitrogens with two attached hydrogens (primary N) is 1. The largest absolute Gasteiger partial charge is 0.398 e. The number of aliphatic hydroxyl groups excluding tert-OH is 1. The second kappa shape index (κ2) is 5.55. The highest BCUT2D eigenvalue weighted by molar-refractivity contribution is 7.99. The lowest BCUT2D eigenvalue weighted by molar-refractivity contribution is 0.204. The van der Waals surface area contributed by atoms with Gasteiger partial charge in [-0.3, -0.25) is 4.98 Å². The molecule has 1 aliphatic rings. The SMILES string of the molecule is Nc1ccncc1C(O)CSC1CCCC1. The van der Waals surface area contributed by atoms with Gasteiger partial charge < -0.3 is 10.8 Å². The van der Waals surface area contributed by atoms with Gasteiger partial charge in [0.2, 0.25) is 0 Å². The molecular weight excluding hydrogens is 220 g/mol. The van der Waals surface area contributed by atoms with Crippen LogP contribution < -0.4 is 5.73 Å². The number of nitrogens with zero attached hydrogens (tertiary/aromatic N) is 1. The lowest BCUT2D eigenvalue weighted by Crippen LogP contribution is -2.07. The van der Waals surface area contributed by atoms with Crippen LogP contribution in [-0.2, 0) is 0 Å². The van der Waals surface area contributed by atoms with Crippen molar-refractivity contribution in [2.75, 3.05) is 11.5 Å². The van der Waals surface area contributed by atoms with E-state index in [0.717, 1.165) is 16.6 Å². The molecule has 3 N–H and O–H groups in total. The molecule has 1 atom stereocenters. The molecule has 1 fully saturated rings. The zero-order valence-electron chi connectivity index (χ0n) is 9.30. The van der Waals surface area contributed by atoms with Gasteiger partial charge in [0.15, 0.2) is 0 Å². The summed E-state index contributed by atoms with van der Waals surface area (Å²) in [5, 5.41) is 10.8. The molecule has 1 aliphatic carbocycles. The number of hydrogen-bond acceptors (Lipinski definition) is 4. The molecule has 88 valence electrons. The van der Waals surface area contributed by atoms with Gasteiger partial charge in [-0.05, 0) is 18.9 Å². The highest BCUT2D eigenvalue weighted by Crippen LogP contribution is 2.32. The fourth-order valence-corrected chi connectivity index (χ4v) is 3.37. The van der Waals surface area contributed by atoms with E-state index in [2.05, 4.69) is 4.98 Å². The van der Waals surface area contributed by atoms with E-state index in [-0.39, 0.29) is 0 Å². The quantitative estimate of drug-likeness (QED) is 0.845. The van der Waals surface area contributed by atoms with E-state index in [0.29, 0.717) is 5.69 Å². The number of thioether (sulfide) groups is 1. The van der Waals surface area contributed by atoms with Crippen LogP contribution in [0, 0.1) is 0 Å². The van der Waals surface area contributed by atoms with Gasteiger partial charge in [0.05, 0.1) is 6.10 Å². The maximum Gasteiger partial charge on any atom is 0.0915 e. The Labute approximate surface area is 100 Å². The third-order valence-electron chi connectivity index (χ3n) is 3.04. The Morgan fingerprint density at radius 3 is 2.94 bits per heavy atom. The summed E-state index contributed by atoms with van der Waals surface area (Å²) in [6, 6.07) is 1.73. The summed E-state index contributed by atoms with van der Waals surface area (Å²) < 4.78 is 0. The van der Waals surface area contributed by atoms with Crippen molar-refractivity contribution in [2.24, 2.45) is 0 Å². The number of aromatic nitrogens is 1. The molecule has 4 heteroatoms. The summed E-state index contributed by atoms with van der Waals surface area (Å²) in [6.07, 6.45) is 8.08. The topological polar surface area (TPSA) is 59.1 Å². The predicted octanol–water partition coefficient (Wildman–Crippen LogP) is 2.37. The number of pyridine rings is 1. The lowest BCUT2D eigenvalue weighted by Gasteiger charge is -2.15. The minimum Gasteiger partial charge on any atom is -0.398 e. The first-order valence-corrected chi connectivity index (χ1v) is 6.81. The molecular formula is C12H18N2OS. The highest BCUT2D eigenvalue weighted by Gasteiger charge is 2.18. The molecule has 2 rings (SSSR count). The minimum absolute atomic E-state index is 0.487. The van der Waals surface area contributed by atoms with E-state index in [9.17, 15) is 5.11 Å². The first-order valence-electron chi connectivity index (χ1n) is 5.76. The maximum atomic E-state index is 10.0. The molecule has 0 spiro atoms. The molecule has 0 radical (unpaired) electrons. The average molecular weight is 238 g/mol. The molecule has 1 saturated carbocycles. The number of anilines is 1. The summed E-state index contributed by atoms with van der Waals surface area (Å²) in [7, 11) is 0. The Morgan fingerprint density at radius 1 is 1.50 bits per heavy atom. The summed E-state index contributed by atoms with van der Waals surface area (Å²) in [5.74, 6) is 0.723. The van der Waals surface area contributed by atoms with Crippen LogP contribution in [0.3, 0.4) is 0 Å². The summed E-state index contributed by atoms with van der Waals surface area (Å²) in [6.45, 7) is 0. The Balaban J connectivity index is 1.87. The van der Waals surface area contributed by atoms with Crippen molar-refractivity contribution in [1.29, 1.82) is 0 Å². The van der Waals surface area contributed by atoms with Crippen molar-refractivity contribution < 1.29 is 5.11 Å². The normalized spacial score (nSPS) is 18.8. The zero-order valence-corrected chi connectivity index (χ0v) is 10.1. The van der Waals surface area contributed by atoms with E-state index < -0.39 is 6.10 Å². The van der Waals surface area contributed by atoms with Gasteiger partial charge in [0.1, 0.15) is 0 Å². The van der Waals surface area contributed by atoms with Crippen molar-refractivity contribution >= 4 is 17.4 Å². The van der Waals surface area contributed by atoms with E-state index in [1.54, 1.807) is 18.5 Å². The van der Waals surface area contributed by atoms with Gasteiger partial charge >= 0.3 is 0 Å². The first-order chi connectivity index (χ1) is 7.77. The first kappa shape index (κ1) is 11.7. The second-order valence-corrected chi connectivity index (χ2v) is 5.59. The number of aliphatic hydroxyl groups is 1. The van der Waals surface area contributed by atoms with Crippen LogP contribution in [-0.4, -0.2) is 21.1 Å². The van der Waals surface area contributed by atoms with Crippen LogP contribution in [0.1, 0.15) is 37.4 Å². The van der Waals surface area contributed by atoms with Crippen LogP contribution in [0.2, 0.25) is 0 Å². The van der Waals surface area contributed by atoms with Crippen LogP contribution in [0.25, 0.3) is 0 Å². The highest BCUT2D eigenvalue weighted by atomic mass is 32.2. The van der Waals surface area contributed by atoms with Crippen LogP contribution in [0.15, 0.2) is 18.5 Å². The third-order valence-corrected chi connectivity index (χ3v) is 4.49. The molecule has 1 aromatic heterocycles. The van der Waals surface area contributed by atoms with E-state index in [1.807, 2.05) is 11.8 Å². The van der Waals surface area contributed by atoms with Gasteiger partial charge in [-0.2, -0.15) is 11.8 Å². The average Bonchev–Trinajstić information content (AvgIpc) is 2.79. The van der Waals surface area contributed by atoms with Crippen molar-refractivity contribution in [3.8, 4) is 0 Å². The lowest BCUT2D eigenvalue weighted by atomic mass is 10.1. The van der Waals surface area contributed by atoms with Crippen LogP contribution >= 0.6 is 11.8 Å². The monoisotopic (exact) mass is 238 g/mol. The van der Waals surface area contributed by atoms with Crippen molar-refractivity contribution in [3.05, 3.63) is 24.0 Å². The molecule has 1 aromatic rings. The smallest absolute Gasteiger partial charge is 0.0915 e. The molecule has 1 heterocycles. The predicted molar refractivity (Wildman–Crippen MR) is 68.3 cm³/mol. The third kappa shape index (κ3) is 2.89. The van der Waals surface area contributed by atoms with Gasteiger partial charge in [0, 0.05) is 34.6 Å². The van der Waals surface area contributed by atoms with Gasteiger partial charge in [0.25, 0.3) is 0 Å². The van der Waals surface area contributed by atoms with Crippen LogP contribution in [0.4, 0.5) is 5.69 Å². The standard InChI is InChI=1S/C12H18N2OS/c13-11-5-6-14-7-10(11)12(15)8-16-9-3-1-2-4-9/h5-7,9,12,15H,1-4,8H2,(H2,13,14). The molecule has 0 aliphatic heterocycles. The summed E-state index contributed by atoms with van der Waals surface area (Å²) in [4.78, 5) is 4.00. The van der Waals surface area contributed by atoms with E-state index in [4.69, 9.17) is 5.73 Å². The van der Waals surface area contributed by atoms with Gasteiger partial charge in [-0.15, -0.1) is 0 Å². The van der Waals surface area contributed by atoms with E-state index in [1.165, 1.54) is 25.7 Å². The van der Waals surface area contributed by atoms with Gasteiger partial charge in [-0.1, -0.05) is 12.8 Å². The maximum absolute atomic E-state index is 10.0. The molecule has 3 nitrogen and oxygen atoms in total. The van der Waals surface area contributed by atoms with Crippen molar-refractivity contribution in [2.45, 2.75) is 37.0 Å². The fraction of sp³-hybridized carbons (Fsp3) is 0.583. The Hall–Kier alpha value is -0.740.